The fraction of sp³-hybridized carbons (Fsp3) is 0.143. The van der Waals surface area contributed by atoms with Crippen LogP contribution in [0, 0.1) is 6.92 Å². The van der Waals surface area contributed by atoms with Crippen LogP contribution in [-0.2, 0) is 4.79 Å². The van der Waals surface area contributed by atoms with Gasteiger partial charge in [-0.05, 0) is 31.2 Å². The van der Waals surface area contributed by atoms with Gasteiger partial charge < -0.3 is 15.8 Å². The number of rotatable bonds is 4. The van der Waals surface area contributed by atoms with Crippen molar-refractivity contribution < 1.29 is 9.53 Å². The molecule has 1 amide bonds. The molecular weight excluding hydrogens is 278 g/mol. The Balaban J connectivity index is 1.94. The molecule has 6 heteroatoms. The van der Waals surface area contributed by atoms with Crippen LogP contribution in [0.4, 0.5) is 11.4 Å². The van der Waals surface area contributed by atoms with Crippen molar-refractivity contribution in [2.24, 2.45) is 0 Å². The Bertz CT molecular complexity index is 632. The molecule has 104 valence electrons. The quantitative estimate of drug-likeness (QED) is 0.670. The van der Waals surface area contributed by atoms with Crippen LogP contribution in [0.2, 0.25) is 5.15 Å². The number of anilines is 2. The number of halogens is 1. The molecule has 1 aromatic heterocycles. The van der Waals surface area contributed by atoms with E-state index in [4.69, 9.17) is 22.1 Å². The van der Waals surface area contributed by atoms with E-state index in [0.29, 0.717) is 28.0 Å². The summed E-state index contributed by atoms with van der Waals surface area (Å²) in [6.45, 7) is 1.63. The minimum atomic E-state index is -0.291. The number of carbonyl (C=O) groups is 1. The second-order valence-corrected chi connectivity index (χ2v) is 4.53. The molecule has 3 N–H and O–H groups in total. The molecule has 0 spiro atoms. The molecular formula is C14H14ClN3O2. The number of nitrogens with one attached hydrogen (secondary N) is 1. The third kappa shape index (κ3) is 3.61. The van der Waals surface area contributed by atoms with Crippen LogP contribution in [0.5, 0.6) is 5.75 Å². The number of aromatic nitrogens is 1. The van der Waals surface area contributed by atoms with E-state index in [2.05, 4.69) is 10.3 Å². The minimum Gasteiger partial charge on any atom is -0.482 e. The number of benzene rings is 1. The van der Waals surface area contributed by atoms with Crippen LogP contribution in [0.15, 0.2) is 36.4 Å². The van der Waals surface area contributed by atoms with E-state index in [1.807, 2.05) is 0 Å². The Morgan fingerprint density at radius 1 is 1.35 bits per heavy atom. The van der Waals surface area contributed by atoms with Gasteiger partial charge in [0.2, 0.25) is 0 Å². The Kier molecular flexibility index (Phi) is 4.42. The number of nitrogen functional groups attached to an aromatic ring is 1. The number of hydrogen-bond donors (Lipinski definition) is 2. The maximum absolute atomic E-state index is 11.8. The van der Waals surface area contributed by atoms with Crippen molar-refractivity contribution >= 4 is 28.9 Å². The zero-order valence-electron chi connectivity index (χ0n) is 10.9. The van der Waals surface area contributed by atoms with E-state index in [1.165, 1.54) is 0 Å². The molecule has 5 nitrogen and oxygen atoms in total. The maximum Gasteiger partial charge on any atom is 0.262 e. The number of ether oxygens (including phenoxy) is 1. The van der Waals surface area contributed by atoms with Gasteiger partial charge in [0, 0.05) is 0 Å². The SMILES string of the molecule is Cc1nc(Cl)ccc1NC(=O)COc1ccccc1N. The Hall–Kier alpha value is -2.27. The zero-order chi connectivity index (χ0) is 14.5. The number of carbonyl (C=O) groups excluding carboxylic acids is 1. The molecule has 0 aliphatic carbocycles. The van der Waals surface area contributed by atoms with Gasteiger partial charge >= 0.3 is 0 Å². The number of aryl methyl sites for hydroxylation is 1. The summed E-state index contributed by atoms with van der Waals surface area (Å²) in [6.07, 6.45) is 0. The number of hydrogen-bond acceptors (Lipinski definition) is 4. The fourth-order valence-corrected chi connectivity index (χ4v) is 1.79. The molecule has 2 rings (SSSR count). The molecule has 0 aliphatic heterocycles. The highest BCUT2D eigenvalue weighted by molar-refractivity contribution is 6.29. The number of nitrogens with two attached hydrogens (primary N) is 1. The first-order chi connectivity index (χ1) is 9.56. The van der Waals surface area contributed by atoms with Crippen LogP contribution in [0.3, 0.4) is 0 Å². The number of pyridine rings is 1. The van der Waals surface area contributed by atoms with Gasteiger partial charge in [-0.25, -0.2) is 4.98 Å². The van der Waals surface area contributed by atoms with Crippen LogP contribution < -0.4 is 15.8 Å². The van der Waals surface area contributed by atoms with Crippen LogP contribution in [0.1, 0.15) is 5.69 Å². The highest BCUT2D eigenvalue weighted by Gasteiger charge is 2.08. The van der Waals surface area contributed by atoms with Crippen molar-refractivity contribution in [3.63, 3.8) is 0 Å². The van der Waals surface area contributed by atoms with Crippen LogP contribution in [-0.4, -0.2) is 17.5 Å². The lowest BCUT2D eigenvalue weighted by molar-refractivity contribution is -0.118. The molecule has 0 atom stereocenters. The monoisotopic (exact) mass is 291 g/mol. The average Bonchev–Trinajstić information content (AvgIpc) is 2.41. The van der Waals surface area contributed by atoms with Crippen molar-refractivity contribution in [1.82, 2.24) is 4.98 Å². The number of amides is 1. The summed E-state index contributed by atoms with van der Waals surface area (Å²) in [5.41, 5.74) is 7.45. The molecule has 0 fully saturated rings. The van der Waals surface area contributed by atoms with Crippen molar-refractivity contribution in [2.45, 2.75) is 6.92 Å². The largest absolute Gasteiger partial charge is 0.482 e. The van der Waals surface area contributed by atoms with Gasteiger partial charge in [0.05, 0.1) is 17.1 Å². The predicted octanol–water partition coefficient (Wildman–Crippen LogP) is 2.64. The van der Waals surface area contributed by atoms with Gasteiger partial charge in [-0.3, -0.25) is 4.79 Å². The van der Waals surface area contributed by atoms with Gasteiger partial charge in [0.25, 0.3) is 5.91 Å². The summed E-state index contributed by atoms with van der Waals surface area (Å²) in [6, 6.07) is 10.3. The zero-order valence-corrected chi connectivity index (χ0v) is 11.6. The lowest BCUT2D eigenvalue weighted by atomic mass is 10.3. The standard InChI is InChI=1S/C14H14ClN3O2/c1-9-11(6-7-13(15)17-9)18-14(19)8-20-12-5-3-2-4-10(12)16/h2-7H,8,16H2,1H3,(H,18,19). The molecule has 0 bridgehead atoms. The Morgan fingerprint density at radius 3 is 2.80 bits per heavy atom. The highest BCUT2D eigenvalue weighted by Crippen LogP contribution is 2.20. The van der Waals surface area contributed by atoms with Gasteiger partial charge in [-0.15, -0.1) is 0 Å². The molecule has 0 radical (unpaired) electrons. The van der Waals surface area contributed by atoms with E-state index in [9.17, 15) is 4.79 Å². The average molecular weight is 292 g/mol. The van der Waals surface area contributed by atoms with Gasteiger partial charge in [-0.2, -0.15) is 0 Å². The summed E-state index contributed by atoms with van der Waals surface area (Å²) in [7, 11) is 0. The molecule has 20 heavy (non-hydrogen) atoms. The summed E-state index contributed by atoms with van der Waals surface area (Å²) in [5.74, 6) is 0.189. The van der Waals surface area contributed by atoms with Crippen molar-refractivity contribution in [3.05, 3.63) is 47.2 Å². The molecule has 1 aromatic carbocycles. The second kappa shape index (κ2) is 6.25. The second-order valence-electron chi connectivity index (χ2n) is 4.14. The fourth-order valence-electron chi connectivity index (χ4n) is 1.60. The minimum absolute atomic E-state index is 0.129. The number of para-hydroxylation sites is 2. The lowest BCUT2D eigenvalue weighted by Crippen LogP contribution is -2.21. The maximum atomic E-state index is 11.8. The molecule has 2 aromatic rings. The smallest absolute Gasteiger partial charge is 0.262 e. The first kappa shape index (κ1) is 14.1. The topological polar surface area (TPSA) is 77.2 Å². The number of nitrogens with zero attached hydrogens (tertiary/aromatic N) is 1. The van der Waals surface area contributed by atoms with E-state index in [-0.39, 0.29) is 12.5 Å². The first-order valence-electron chi connectivity index (χ1n) is 5.96. The van der Waals surface area contributed by atoms with Gasteiger partial charge in [-0.1, -0.05) is 23.7 Å². The summed E-state index contributed by atoms with van der Waals surface area (Å²) in [4.78, 5) is 15.8. The lowest BCUT2D eigenvalue weighted by Gasteiger charge is -2.10. The summed E-state index contributed by atoms with van der Waals surface area (Å²) >= 11 is 5.75. The molecule has 1 heterocycles. The van der Waals surface area contributed by atoms with E-state index in [0.717, 1.165) is 0 Å². The Labute approximate surface area is 121 Å². The molecule has 0 aliphatic rings. The van der Waals surface area contributed by atoms with Crippen LogP contribution >= 0.6 is 11.6 Å². The normalized spacial score (nSPS) is 10.1. The third-order valence-electron chi connectivity index (χ3n) is 2.60. The van der Waals surface area contributed by atoms with E-state index in [1.54, 1.807) is 43.3 Å². The van der Waals surface area contributed by atoms with Crippen LogP contribution in [0.25, 0.3) is 0 Å². The third-order valence-corrected chi connectivity index (χ3v) is 2.81. The molecule has 0 saturated heterocycles. The van der Waals surface area contributed by atoms with Gasteiger partial charge in [0.15, 0.2) is 6.61 Å². The summed E-state index contributed by atoms with van der Waals surface area (Å²) in [5, 5.41) is 3.08. The van der Waals surface area contributed by atoms with E-state index < -0.39 is 0 Å². The first-order valence-corrected chi connectivity index (χ1v) is 6.34. The predicted molar refractivity (Wildman–Crippen MR) is 79.0 cm³/mol. The van der Waals surface area contributed by atoms with E-state index >= 15 is 0 Å². The Morgan fingerprint density at radius 2 is 2.10 bits per heavy atom. The highest BCUT2D eigenvalue weighted by atomic mass is 35.5. The van der Waals surface area contributed by atoms with Gasteiger partial charge in [0.1, 0.15) is 10.9 Å². The van der Waals surface area contributed by atoms with Crippen molar-refractivity contribution in [3.8, 4) is 5.75 Å². The molecule has 0 unspecified atom stereocenters. The van der Waals surface area contributed by atoms with Crippen molar-refractivity contribution in [2.75, 3.05) is 17.7 Å². The summed E-state index contributed by atoms with van der Waals surface area (Å²) < 4.78 is 5.35. The molecule has 0 saturated carbocycles. The van der Waals surface area contributed by atoms with Crippen molar-refractivity contribution in [1.29, 1.82) is 0 Å².